The maximum Gasteiger partial charge on any atom is 0.273 e. The smallest absolute Gasteiger partial charge is 0.258 e. The van der Waals surface area contributed by atoms with Gasteiger partial charge in [0, 0.05) is 30.6 Å². The quantitative estimate of drug-likeness (QED) is 0.441. The van der Waals surface area contributed by atoms with Crippen LogP contribution in [0.2, 0.25) is 0 Å². The number of nitrogens with zero attached hydrogens (tertiary/aromatic N) is 2. The Morgan fingerprint density at radius 3 is 2.45 bits per heavy atom. The number of benzene rings is 1. The first-order chi connectivity index (χ1) is 9.21. The van der Waals surface area contributed by atoms with E-state index in [-0.39, 0.29) is 10.6 Å². The van der Waals surface area contributed by atoms with Crippen LogP contribution in [0.1, 0.15) is 17.5 Å². The van der Waals surface area contributed by atoms with Crippen molar-refractivity contribution >= 4 is 31.6 Å². The second-order valence-corrected chi connectivity index (χ2v) is 7.35. The van der Waals surface area contributed by atoms with Crippen LogP contribution in [0, 0.1) is 24.0 Å². The molecule has 0 bridgehead atoms. The lowest BCUT2D eigenvalue weighted by atomic mass is 10.1. The van der Waals surface area contributed by atoms with Crippen LogP contribution >= 0.6 is 15.9 Å². The second kappa shape index (κ2) is 6.64. The summed E-state index contributed by atoms with van der Waals surface area (Å²) in [6, 6.07) is 2.60. The van der Waals surface area contributed by atoms with Crippen LogP contribution in [0.5, 0.6) is 0 Å². The van der Waals surface area contributed by atoms with Gasteiger partial charge >= 0.3 is 0 Å². The van der Waals surface area contributed by atoms with E-state index in [2.05, 4.69) is 15.9 Å². The van der Waals surface area contributed by atoms with E-state index in [0.29, 0.717) is 29.4 Å². The van der Waals surface area contributed by atoms with Gasteiger partial charge in [-0.3, -0.25) is 10.1 Å². The molecule has 0 amide bonds. The summed E-state index contributed by atoms with van der Waals surface area (Å²) in [5.74, 6) is 0. The average molecular weight is 365 g/mol. The Labute approximate surface area is 127 Å². The number of alkyl halides is 1. The zero-order valence-electron chi connectivity index (χ0n) is 11.6. The van der Waals surface area contributed by atoms with Gasteiger partial charge in [-0.15, -0.1) is 0 Å². The topological polar surface area (TPSA) is 80.5 Å². The van der Waals surface area contributed by atoms with Crippen LogP contribution in [0.4, 0.5) is 5.69 Å². The Kier molecular flexibility index (Phi) is 5.67. The number of rotatable bonds is 6. The van der Waals surface area contributed by atoms with E-state index in [1.165, 1.54) is 17.4 Å². The number of nitro benzene ring substituents is 1. The zero-order chi connectivity index (χ0) is 15.5. The van der Waals surface area contributed by atoms with Crippen molar-refractivity contribution in [1.29, 1.82) is 0 Å². The molecule has 0 aromatic heterocycles. The van der Waals surface area contributed by atoms with Gasteiger partial charge < -0.3 is 0 Å². The average Bonchev–Trinajstić information content (AvgIpc) is 2.38. The molecule has 0 aliphatic rings. The van der Waals surface area contributed by atoms with Crippen LogP contribution in [-0.4, -0.2) is 36.6 Å². The Morgan fingerprint density at radius 2 is 1.95 bits per heavy atom. The van der Waals surface area contributed by atoms with Crippen LogP contribution in [-0.2, 0) is 10.0 Å². The number of aryl methyl sites for hydroxylation is 1. The molecule has 1 rings (SSSR count). The summed E-state index contributed by atoms with van der Waals surface area (Å²) in [5, 5.41) is 11.7. The van der Waals surface area contributed by atoms with Crippen molar-refractivity contribution in [1.82, 2.24) is 4.31 Å². The molecule has 1 aromatic rings. The van der Waals surface area contributed by atoms with Crippen molar-refractivity contribution in [3.63, 3.8) is 0 Å². The lowest BCUT2D eigenvalue weighted by Gasteiger charge is -2.17. The minimum absolute atomic E-state index is 0.0376. The van der Waals surface area contributed by atoms with Gasteiger partial charge in [-0.2, -0.15) is 0 Å². The van der Waals surface area contributed by atoms with Gasteiger partial charge in [0.15, 0.2) is 0 Å². The summed E-state index contributed by atoms with van der Waals surface area (Å²) in [6.45, 7) is 3.63. The van der Waals surface area contributed by atoms with Gasteiger partial charge in [0.1, 0.15) is 0 Å². The summed E-state index contributed by atoms with van der Waals surface area (Å²) >= 11 is 3.24. The Bertz CT molecular complexity index is 616. The SMILES string of the molecule is Cc1cc(S(=O)(=O)N(C)CCCBr)cc([N+](=O)[O-])c1C. The normalized spacial score (nSPS) is 11.8. The van der Waals surface area contributed by atoms with Gasteiger partial charge in [0.05, 0.1) is 9.82 Å². The van der Waals surface area contributed by atoms with E-state index in [4.69, 9.17) is 0 Å². The van der Waals surface area contributed by atoms with Crippen LogP contribution in [0.25, 0.3) is 0 Å². The van der Waals surface area contributed by atoms with E-state index in [1.807, 2.05) is 0 Å². The molecule has 0 unspecified atom stereocenters. The molecular formula is C12H17BrN2O4S. The minimum Gasteiger partial charge on any atom is -0.258 e. The van der Waals surface area contributed by atoms with Crippen molar-refractivity contribution in [2.45, 2.75) is 25.2 Å². The standard InChI is InChI=1S/C12H17BrN2O4S/c1-9-7-11(8-12(10(9)2)15(16)17)20(18,19)14(3)6-4-5-13/h7-8H,4-6H2,1-3H3. The van der Waals surface area contributed by atoms with Gasteiger partial charge in [-0.1, -0.05) is 15.9 Å². The number of hydrogen-bond acceptors (Lipinski definition) is 4. The highest BCUT2D eigenvalue weighted by Crippen LogP contribution is 2.27. The first kappa shape index (κ1) is 17.1. The fourth-order valence-corrected chi connectivity index (χ4v) is 3.30. The molecule has 0 spiro atoms. The third-order valence-corrected chi connectivity index (χ3v) is 5.52. The monoisotopic (exact) mass is 364 g/mol. The molecular weight excluding hydrogens is 348 g/mol. The fraction of sp³-hybridized carbons (Fsp3) is 0.500. The molecule has 0 saturated heterocycles. The number of nitro groups is 1. The van der Waals surface area contributed by atoms with Crippen LogP contribution in [0.3, 0.4) is 0 Å². The molecule has 112 valence electrons. The Balaban J connectivity index is 3.29. The highest BCUT2D eigenvalue weighted by atomic mass is 79.9. The molecule has 20 heavy (non-hydrogen) atoms. The molecule has 0 heterocycles. The third-order valence-electron chi connectivity index (χ3n) is 3.12. The maximum absolute atomic E-state index is 12.4. The first-order valence-corrected chi connectivity index (χ1v) is 8.56. The molecule has 8 heteroatoms. The van der Waals surface area contributed by atoms with E-state index < -0.39 is 14.9 Å². The Hall–Kier alpha value is -0.990. The number of hydrogen-bond donors (Lipinski definition) is 0. The molecule has 6 nitrogen and oxygen atoms in total. The lowest BCUT2D eigenvalue weighted by Crippen LogP contribution is -2.28. The molecule has 0 atom stereocenters. The first-order valence-electron chi connectivity index (χ1n) is 5.99. The molecule has 0 aliphatic carbocycles. The summed E-state index contributed by atoms with van der Waals surface area (Å²) in [6.07, 6.45) is 0.669. The summed E-state index contributed by atoms with van der Waals surface area (Å²) in [5.41, 5.74) is 0.904. The predicted molar refractivity (Wildman–Crippen MR) is 80.8 cm³/mol. The van der Waals surface area contributed by atoms with Gasteiger partial charge in [-0.05, 0) is 31.9 Å². The number of sulfonamides is 1. The molecule has 0 radical (unpaired) electrons. The Morgan fingerprint density at radius 1 is 1.35 bits per heavy atom. The van der Waals surface area contributed by atoms with Crippen LogP contribution < -0.4 is 0 Å². The molecule has 0 aliphatic heterocycles. The van der Waals surface area contributed by atoms with Crippen molar-refractivity contribution in [3.8, 4) is 0 Å². The second-order valence-electron chi connectivity index (χ2n) is 4.51. The van der Waals surface area contributed by atoms with Crippen molar-refractivity contribution in [2.75, 3.05) is 18.9 Å². The van der Waals surface area contributed by atoms with E-state index in [1.54, 1.807) is 13.8 Å². The van der Waals surface area contributed by atoms with E-state index in [9.17, 15) is 18.5 Å². The molecule has 1 aromatic carbocycles. The van der Waals surface area contributed by atoms with Gasteiger partial charge in [0.25, 0.3) is 5.69 Å². The van der Waals surface area contributed by atoms with E-state index in [0.717, 1.165) is 6.07 Å². The molecule has 0 saturated carbocycles. The fourth-order valence-electron chi connectivity index (χ4n) is 1.73. The maximum atomic E-state index is 12.4. The summed E-state index contributed by atoms with van der Waals surface area (Å²) in [7, 11) is -2.23. The highest BCUT2D eigenvalue weighted by molar-refractivity contribution is 9.09. The van der Waals surface area contributed by atoms with Gasteiger partial charge in [-0.25, -0.2) is 12.7 Å². The molecule has 0 fully saturated rings. The lowest BCUT2D eigenvalue weighted by molar-refractivity contribution is -0.385. The highest BCUT2D eigenvalue weighted by Gasteiger charge is 2.25. The molecule has 0 N–H and O–H groups in total. The summed E-state index contributed by atoms with van der Waals surface area (Å²) < 4.78 is 25.9. The van der Waals surface area contributed by atoms with Crippen molar-refractivity contribution in [3.05, 3.63) is 33.4 Å². The largest absolute Gasteiger partial charge is 0.273 e. The number of halogens is 1. The minimum atomic E-state index is -3.70. The van der Waals surface area contributed by atoms with Crippen molar-refractivity contribution < 1.29 is 13.3 Å². The van der Waals surface area contributed by atoms with Crippen LogP contribution in [0.15, 0.2) is 17.0 Å². The zero-order valence-corrected chi connectivity index (χ0v) is 14.0. The third kappa shape index (κ3) is 3.56. The van der Waals surface area contributed by atoms with E-state index >= 15 is 0 Å². The van der Waals surface area contributed by atoms with Gasteiger partial charge in [0.2, 0.25) is 10.0 Å². The van der Waals surface area contributed by atoms with Crippen molar-refractivity contribution in [2.24, 2.45) is 0 Å². The predicted octanol–water partition coefficient (Wildman–Crippen LogP) is 2.62. The summed E-state index contributed by atoms with van der Waals surface area (Å²) in [4.78, 5) is 10.4.